The largest absolute Gasteiger partial charge is 0.494 e. The van der Waals surface area contributed by atoms with Crippen molar-refractivity contribution in [1.82, 2.24) is 15.0 Å². The fourth-order valence-electron chi connectivity index (χ4n) is 2.22. The van der Waals surface area contributed by atoms with Crippen LogP contribution < -0.4 is 4.74 Å². The molecule has 1 N–H and O–H groups in total. The second-order valence-corrected chi connectivity index (χ2v) is 5.70. The fraction of sp³-hybridized carbons (Fsp3) is 0.250. The molecule has 0 aliphatic rings. The Hall–Kier alpha value is -1.88. The van der Waals surface area contributed by atoms with Crippen LogP contribution in [0.3, 0.4) is 0 Å². The zero-order valence-corrected chi connectivity index (χ0v) is 13.4. The van der Waals surface area contributed by atoms with Gasteiger partial charge in [0, 0.05) is 17.1 Å². The minimum absolute atomic E-state index is 0.695. The van der Waals surface area contributed by atoms with E-state index in [4.69, 9.17) is 4.74 Å². The van der Waals surface area contributed by atoms with E-state index in [0.717, 1.165) is 40.1 Å². The number of aromatic nitrogens is 3. The van der Waals surface area contributed by atoms with Crippen molar-refractivity contribution >= 4 is 27.1 Å². The van der Waals surface area contributed by atoms with E-state index in [9.17, 15) is 0 Å². The molecular weight excluding hydrogens is 330 g/mol. The molecule has 0 spiro atoms. The summed E-state index contributed by atoms with van der Waals surface area (Å²) in [6, 6.07) is 10.2. The molecule has 1 aromatic carbocycles. The molecule has 0 aliphatic heterocycles. The Kier molecular flexibility index (Phi) is 4.20. The molecule has 21 heavy (non-hydrogen) atoms. The normalized spacial score (nSPS) is 11.0. The number of nitrogens with one attached hydrogen (secondary N) is 1. The highest BCUT2D eigenvalue weighted by Gasteiger charge is 2.05. The summed E-state index contributed by atoms with van der Waals surface area (Å²) < 4.78 is 6.40. The lowest BCUT2D eigenvalue weighted by molar-refractivity contribution is 0.340. The molecule has 0 bridgehead atoms. The highest BCUT2D eigenvalue weighted by atomic mass is 79.9. The smallest absolute Gasteiger partial charge is 0.177 e. The lowest BCUT2D eigenvalue weighted by atomic mass is 10.1. The maximum absolute atomic E-state index is 5.44. The summed E-state index contributed by atoms with van der Waals surface area (Å²) in [5.74, 6) is 1.88. The van der Waals surface area contributed by atoms with E-state index < -0.39 is 0 Å². The molecule has 0 aliphatic carbocycles. The number of aryl methyl sites for hydroxylation is 2. The van der Waals surface area contributed by atoms with E-state index in [2.05, 4.69) is 43.0 Å². The lowest BCUT2D eigenvalue weighted by Gasteiger charge is -2.04. The number of pyridine rings is 1. The van der Waals surface area contributed by atoms with Gasteiger partial charge in [-0.25, -0.2) is 9.97 Å². The lowest BCUT2D eigenvalue weighted by Crippen LogP contribution is -1.95. The third-order valence-electron chi connectivity index (χ3n) is 3.24. The van der Waals surface area contributed by atoms with E-state index in [1.165, 1.54) is 5.56 Å². The van der Waals surface area contributed by atoms with Crippen molar-refractivity contribution in [2.45, 2.75) is 19.8 Å². The molecule has 0 saturated heterocycles. The van der Waals surface area contributed by atoms with Crippen LogP contribution in [0.2, 0.25) is 0 Å². The van der Waals surface area contributed by atoms with Crippen molar-refractivity contribution in [1.29, 1.82) is 0 Å². The van der Waals surface area contributed by atoms with Crippen LogP contribution in [0, 0.1) is 0 Å². The number of fused-ring (bicyclic) bond motifs is 1. The van der Waals surface area contributed by atoms with Crippen LogP contribution >= 0.6 is 15.9 Å². The van der Waals surface area contributed by atoms with Gasteiger partial charge in [0.15, 0.2) is 5.65 Å². The molecule has 3 aromatic rings. The Labute approximate surface area is 131 Å². The summed E-state index contributed by atoms with van der Waals surface area (Å²) in [4.78, 5) is 12.1. The predicted molar refractivity (Wildman–Crippen MR) is 86.6 cm³/mol. The van der Waals surface area contributed by atoms with Crippen molar-refractivity contribution in [3.8, 4) is 5.75 Å². The average molecular weight is 346 g/mol. The molecule has 3 rings (SSSR count). The zero-order chi connectivity index (χ0) is 14.7. The number of hydrogen-bond donors (Lipinski definition) is 1. The zero-order valence-electron chi connectivity index (χ0n) is 11.8. The van der Waals surface area contributed by atoms with Crippen molar-refractivity contribution in [2.24, 2.45) is 0 Å². The fourth-order valence-corrected chi connectivity index (χ4v) is 2.56. The maximum Gasteiger partial charge on any atom is 0.177 e. The molecule has 4 nitrogen and oxygen atoms in total. The molecule has 0 radical (unpaired) electrons. The van der Waals surface area contributed by atoms with Crippen molar-refractivity contribution in [3.63, 3.8) is 0 Å². The Balaban J connectivity index is 1.68. The van der Waals surface area contributed by atoms with E-state index in [-0.39, 0.29) is 0 Å². The Morgan fingerprint density at radius 3 is 2.76 bits per heavy atom. The second-order valence-electron chi connectivity index (χ2n) is 4.79. The van der Waals surface area contributed by atoms with Gasteiger partial charge in [0.2, 0.25) is 0 Å². The first kappa shape index (κ1) is 14.1. The quantitative estimate of drug-likeness (QED) is 0.762. The summed E-state index contributed by atoms with van der Waals surface area (Å²) in [5, 5.41) is 0. The molecular formula is C16H16BrN3O. The first-order valence-corrected chi connectivity index (χ1v) is 7.76. The van der Waals surface area contributed by atoms with Crippen LogP contribution in [-0.4, -0.2) is 21.6 Å². The number of H-pyrrole nitrogens is 1. The summed E-state index contributed by atoms with van der Waals surface area (Å²) in [5.41, 5.74) is 3.00. The number of hydrogen-bond acceptors (Lipinski definition) is 3. The molecule has 5 heteroatoms. The average Bonchev–Trinajstić information content (AvgIpc) is 2.89. The highest BCUT2D eigenvalue weighted by molar-refractivity contribution is 9.10. The summed E-state index contributed by atoms with van der Waals surface area (Å²) in [7, 11) is 0. The minimum atomic E-state index is 0.695. The molecule has 0 atom stereocenters. The maximum atomic E-state index is 5.44. The number of ether oxygens (including phenoxy) is 1. The van der Waals surface area contributed by atoms with Gasteiger partial charge in [0.1, 0.15) is 11.6 Å². The number of halogens is 1. The van der Waals surface area contributed by atoms with Gasteiger partial charge in [-0.3, -0.25) is 0 Å². The second kappa shape index (κ2) is 6.26. The van der Waals surface area contributed by atoms with Gasteiger partial charge in [-0.05, 0) is 53.0 Å². The molecule has 0 saturated carbocycles. The van der Waals surface area contributed by atoms with E-state index in [0.29, 0.717) is 6.61 Å². The van der Waals surface area contributed by atoms with E-state index in [1.807, 2.05) is 25.1 Å². The molecule has 108 valence electrons. The monoisotopic (exact) mass is 345 g/mol. The Morgan fingerprint density at radius 2 is 2.00 bits per heavy atom. The molecule has 0 fully saturated rings. The van der Waals surface area contributed by atoms with E-state index >= 15 is 0 Å². The number of benzene rings is 1. The molecule has 2 aromatic heterocycles. The summed E-state index contributed by atoms with van der Waals surface area (Å²) in [6.45, 7) is 2.68. The van der Waals surface area contributed by atoms with Crippen LogP contribution in [0.4, 0.5) is 0 Å². The van der Waals surface area contributed by atoms with Gasteiger partial charge in [0.05, 0.1) is 12.1 Å². The van der Waals surface area contributed by atoms with E-state index in [1.54, 1.807) is 6.20 Å². The minimum Gasteiger partial charge on any atom is -0.494 e. The predicted octanol–water partition coefficient (Wildman–Crippen LogP) is 3.90. The number of aromatic amines is 1. The first-order chi connectivity index (χ1) is 10.2. The van der Waals surface area contributed by atoms with Crippen LogP contribution in [-0.2, 0) is 12.8 Å². The van der Waals surface area contributed by atoms with Crippen LogP contribution in [0.1, 0.15) is 18.3 Å². The van der Waals surface area contributed by atoms with Crippen LogP contribution in [0.5, 0.6) is 5.75 Å². The van der Waals surface area contributed by atoms with Crippen molar-refractivity contribution < 1.29 is 4.74 Å². The van der Waals surface area contributed by atoms with Gasteiger partial charge < -0.3 is 9.72 Å². The van der Waals surface area contributed by atoms with Gasteiger partial charge in [0.25, 0.3) is 0 Å². The van der Waals surface area contributed by atoms with Gasteiger partial charge in [-0.1, -0.05) is 12.1 Å². The Bertz CT molecular complexity index is 737. The summed E-state index contributed by atoms with van der Waals surface area (Å²) >= 11 is 3.41. The number of nitrogens with zero attached hydrogens (tertiary/aromatic N) is 2. The Morgan fingerprint density at radius 1 is 1.19 bits per heavy atom. The van der Waals surface area contributed by atoms with Gasteiger partial charge in [-0.2, -0.15) is 0 Å². The van der Waals surface area contributed by atoms with Gasteiger partial charge in [-0.15, -0.1) is 0 Å². The summed E-state index contributed by atoms with van der Waals surface area (Å²) in [6.07, 6.45) is 3.56. The molecule has 2 heterocycles. The topological polar surface area (TPSA) is 50.8 Å². The van der Waals surface area contributed by atoms with Gasteiger partial charge >= 0.3 is 0 Å². The van der Waals surface area contributed by atoms with Crippen LogP contribution in [0.15, 0.2) is 41.0 Å². The number of imidazole rings is 1. The SMILES string of the molecule is CCOc1ccc(CCc2nc3ncc(Br)cc3[nH]2)cc1. The number of rotatable bonds is 5. The van der Waals surface area contributed by atoms with Crippen molar-refractivity contribution in [3.05, 3.63) is 52.4 Å². The molecule has 0 amide bonds. The standard InChI is InChI=1S/C16H16BrN3O/c1-2-21-13-6-3-11(4-7-13)5-8-15-19-14-9-12(17)10-18-16(14)20-15/h3-4,6-7,9-10H,2,5,8H2,1H3,(H,18,19,20). The third kappa shape index (κ3) is 3.42. The third-order valence-corrected chi connectivity index (χ3v) is 3.67. The molecule has 0 unspecified atom stereocenters. The van der Waals surface area contributed by atoms with Crippen LogP contribution in [0.25, 0.3) is 11.2 Å². The highest BCUT2D eigenvalue weighted by Crippen LogP contribution is 2.17. The first-order valence-electron chi connectivity index (χ1n) is 6.96. The van der Waals surface area contributed by atoms with Crippen molar-refractivity contribution in [2.75, 3.05) is 6.61 Å².